The third-order valence-electron chi connectivity index (χ3n) is 6.88. The minimum absolute atomic E-state index is 0.0453. The average Bonchev–Trinajstić information content (AvgIpc) is 3.60. The third-order valence-corrected chi connectivity index (χ3v) is 6.88. The van der Waals surface area contributed by atoms with Crippen LogP contribution >= 0.6 is 0 Å². The van der Waals surface area contributed by atoms with Gasteiger partial charge in [0.2, 0.25) is 0 Å². The fraction of sp³-hybridized carbons (Fsp3) is 0.241. The molecule has 0 atom stereocenters. The van der Waals surface area contributed by atoms with Crippen LogP contribution in [0.3, 0.4) is 0 Å². The monoisotopic (exact) mass is 610 g/mol. The number of nitrogens with one attached hydrogen (secondary N) is 3. The molecule has 230 valence electrons. The Morgan fingerprint density at radius 3 is 2.36 bits per heavy atom. The Balaban J connectivity index is 1.82. The standard InChI is InChI=1S/C29H29F3N8O4/c1-33-27(42)34-18-9-11-19(12-10-18)40-21(16-37(2)3)24-25(36-40)38(15-17-7-5-6-8-20(17)29(30,31)32)28(43)39(26(24)41)22-13-14-23(35-22)44-4/h5-14,35H,15-16H2,1-4H3,(H2,33,34,42). The van der Waals surface area contributed by atoms with Crippen LogP contribution < -0.4 is 26.6 Å². The Morgan fingerprint density at radius 2 is 1.75 bits per heavy atom. The van der Waals surface area contributed by atoms with E-state index in [-0.39, 0.29) is 34.8 Å². The van der Waals surface area contributed by atoms with Crippen molar-refractivity contribution in [3.8, 4) is 17.4 Å². The van der Waals surface area contributed by atoms with E-state index in [0.717, 1.165) is 15.2 Å². The summed E-state index contributed by atoms with van der Waals surface area (Å²) in [6.07, 6.45) is -4.68. The molecular weight excluding hydrogens is 581 g/mol. The highest BCUT2D eigenvalue weighted by atomic mass is 19.4. The number of hydrogen-bond donors (Lipinski definition) is 3. The summed E-state index contributed by atoms with van der Waals surface area (Å²) in [6.45, 7) is -0.327. The summed E-state index contributed by atoms with van der Waals surface area (Å²) in [4.78, 5) is 44.5. The van der Waals surface area contributed by atoms with E-state index in [1.165, 1.54) is 49.2 Å². The van der Waals surface area contributed by atoms with Crippen molar-refractivity contribution >= 4 is 22.8 Å². The van der Waals surface area contributed by atoms with Crippen LogP contribution in [0.5, 0.6) is 5.88 Å². The van der Waals surface area contributed by atoms with Gasteiger partial charge >= 0.3 is 17.9 Å². The van der Waals surface area contributed by atoms with Gasteiger partial charge in [0.15, 0.2) is 11.5 Å². The maximum absolute atomic E-state index is 14.1. The molecule has 5 aromatic rings. The zero-order valence-electron chi connectivity index (χ0n) is 24.2. The number of aromatic amines is 1. The SMILES string of the molecule is CNC(=O)Nc1ccc(-n2nc3c(c2CN(C)C)c(=O)n(-c2ccc(OC)[nH]2)c(=O)n3Cc2ccccc2C(F)(F)F)cc1. The minimum Gasteiger partial charge on any atom is -0.482 e. The number of amides is 2. The second kappa shape index (κ2) is 11.8. The number of urea groups is 1. The second-order valence-corrected chi connectivity index (χ2v) is 10.1. The predicted molar refractivity (Wildman–Crippen MR) is 158 cm³/mol. The van der Waals surface area contributed by atoms with Gasteiger partial charge in [-0.1, -0.05) is 18.2 Å². The van der Waals surface area contributed by atoms with Gasteiger partial charge in [-0.05, 0) is 56.1 Å². The zero-order valence-corrected chi connectivity index (χ0v) is 24.2. The number of halogens is 3. The Labute approximate surface area is 248 Å². The number of aromatic nitrogens is 5. The molecule has 3 aromatic heterocycles. The molecule has 0 aliphatic carbocycles. The number of H-pyrrole nitrogens is 1. The number of carbonyl (C=O) groups excluding carboxylic acids is 1. The van der Waals surface area contributed by atoms with E-state index >= 15 is 0 Å². The molecule has 0 fully saturated rings. The van der Waals surface area contributed by atoms with Crippen LogP contribution in [0.25, 0.3) is 22.5 Å². The van der Waals surface area contributed by atoms with Crippen molar-refractivity contribution in [3.05, 3.63) is 98.3 Å². The van der Waals surface area contributed by atoms with Crippen molar-refractivity contribution in [1.82, 2.24) is 34.1 Å². The number of rotatable bonds is 8. The Hall–Kier alpha value is -5.31. The first-order valence-corrected chi connectivity index (χ1v) is 13.3. The lowest BCUT2D eigenvalue weighted by Gasteiger charge is -2.15. The molecule has 0 bridgehead atoms. The maximum atomic E-state index is 14.1. The summed E-state index contributed by atoms with van der Waals surface area (Å²) >= 11 is 0. The average molecular weight is 611 g/mol. The van der Waals surface area contributed by atoms with Crippen LogP contribution in [0.1, 0.15) is 16.8 Å². The first-order chi connectivity index (χ1) is 20.9. The Bertz CT molecular complexity index is 1950. The van der Waals surface area contributed by atoms with Crippen molar-refractivity contribution in [2.75, 3.05) is 33.6 Å². The van der Waals surface area contributed by atoms with Gasteiger partial charge in [-0.15, -0.1) is 5.10 Å². The number of anilines is 1. The highest BCUT2D eigenvalue weighted by Crippen LogP contribution is 2.32. The summed E-state index contributed by atoms with van der Waals surface area (Å²) in [5.41, 5.74) is -1.41. The molecule has 12 nitrogen and oxygen atoms in total. The van der Waals surface area contributed by atoms with Gasteiger partial charge in [-0.2, -0.15) is 13.2 Å². The molecule has 0 aliphatic heterocycles. The number of methoxy groups -OCH3 is 1. The minimum atomic E-state index is -4.68. The maximum Gasteiger partial charge on any atom is 0.416 e. The summed E-state index contributed by atoms with van der Waals surface area (Å²) in [5, 5.41) is 9.79. The van der Waals surface area contributed by atoms with Gasteiger partial charge < -0.3 is 25.3 Å². The van der Waals surface area contributed by atoms with Crippen molar-refractivity contribution in [3.63, 3.8) is 0 Å². The number of fused-ring (bicyclic) bond motifs is 1. The Morgan fingerprint density at radius 1 is 1.05 bits per heavy atom. The molecule has 0 saturated carbocycles. The first-order valence-electron chi connectivity index (χ1n) is 13.3. The summed E-state index contributed by atoms with van der Waals surface area (Å²) in [6, 6.07) is 14.1. The number of carbonyl (C=O) groups is 1. The van der Waals surface area contributed by atoms with E-state index in [0.29, 0.717) is 17.1 Å². The summed E-state index contributed by atoms with van der Waals surface area (Å²) < 4.78 is 50.5. The first kappa shape index (κ1) is 30.2. The van der Waals surface area contributed by atoms with Crippen LogP contribution in [0, 0.1) is 0 Å². The largest absolute Gasteiger partial charge is 0.482 e. The topological polar surface area (TPSA) is 131 Å². The molecule has 2 amide bonds. The Kier molecular flexibility index (Phi) is 8.06. The van der Waals surface area contributed by atoms with Crippen LogP contribution in [0.4, 0.5) is 23.7 Å². The fourth-order valence-corrected chi connectivity index (χ4v) is 4.87. The van der Waals surface area contributed by atoms with E-state index in [1.54, 1.807) is 43.3 Å². The molecule has 0 spiro atoms. The van der Waals surface area contributed by atoms with Crippen molar-refractivity contribution in [2.45, 2.75) is 19.3 Å². The zero-order chi connectivity index (χ0) is 31.8. The molecule has 44 heavy (non-hydrogen) atoms. The smallest absolute Gasteiger partial charge is 0.416 e. The van der Waals surface area contributed by atoms with Gasteiger partial charge in [-0.25, -0.2) is 18.8 Å². The van der Waals surface area contributed by atoms with Crippen LogP contribution in [0.2, 0.25) is 0 Å². The van der Waals surface area contributed by atoms with Crippen LogP contribution in [0.15, 0.2) is 70.3 Å². The molecule has 3 N–H and O–H groups in total. The number of benzene rings is 2. The number of hydrogen-bond acceptors (Lipinski definition) is 6. The van der Waals surface area contributed by atoms with Crippen LogP contribution in [-0.4, -0.2) is 63.1 Å². The van der Waals surface area contributed by atoms with E-state index < -0.39 is 35.6 Å². The fourth-order valence-electron chi connectivity index (χ4n) is 4.87. The second-order valence-electron chi connectivity index (χ2n) is 10.1. The van der Waals surface area contributed by atoms with Gasteiger partial charge in [0.05, 0.1) is 30.6 Å². The molecule has 0 saturated heterocycles. The predicted octanol–water partition coefficient (Wildman–Crippen LogP) is 3.55. The third kappa shape index (κ3) is 5.68. The van der Waals surface area contributed by atoms with Gasteiger partial charge in [0, 0.05) is 25.3 Å². The highest BCUT2D eigenvalue weighted by molar-refractivity contribution is 5.89. The molecule has 2 aromatic carbocycles. The molecular formula is C29H29F3N8O4. The van der Waals surface area contributed by atoms with E-state index in [9.17, 15) is 27.6 Å². The van der Waals surface area contributed by atoms with E-state index in [4.69, 9.17) is 4.74 Å². The number of ether oxygens (including phenoxy) is 1. The number of nitrogens with zero attached hydrogens (tertiary/aromatic N) is 5. The van der Waals surface area contributed by atoms with E-state index in [2.05, 4.69) is 20.7 Å². The molecule has 15 heteroatoms. The molecule has 5 rings (SSSR count). The van der Waals surface area contributed by atoms with Gasteiger partial charge in [-0.3, -0.25) is 9.36 Å². The lowest BCUT2D eigenvalue weighted by Crippen LogP contribution is -2.39. The summed E-state index contributed by atoms with van der Waals surface area (Å²) in [5.74, 6) is 0.347. The van der Waals surface area contributed by atoms with Crippen molar-refractivity contribution in [1.29, 1.82) is 0 Å². The lowest BCUT2D eigenvalue weighted by atomic mass is 10.1. The molecule has 3 heterocycles. The van der Waals surface area contributed by atoms with Crippen LogP contribution in [-0.2, 0) is 19.3 Å². The van der Waals surface area contributed by atoms with Crippen molar-refractivity contribution < 1.29 is 22.7 Å². The van der Waals surface area contributed by atoms with Gasteiger partial charge in [0.25, 0.3) is 5.56 Å². The number of alkyl halides is 3. The molecule has 0 aliphatic rings. The summed E-state index contributed by atoms with van der Waals surface area (Å²) in [7, 11) is 6.45. The lowest BCUT2D eigenvalue weighted by molar-refractivity contribution is -0.138. The highest BCUT2D eigenvalue weighted by Gasteiger charge is 2.34. The molecule has 0 radical (unpaired) electrons. The molecule has 0 unspecified atom stereocenters. The van der Waals surface area contributed by atoms with E-state index in [1.807, 2.05) is 0 Å². The van der Waals surface area contributed by atoms with Gasteiger partial charge in [0.1, 0.15) is 11.2 Å². The van der Waals surface area contributed by atoms with Crippen molar-refractivity contribution in [2.24, 2.45) is 0 Å². The normalized spacial score (nSPS) is 11.7. The quantitative estimate of drug-likeness (QED) is 0.246.